The molecule has 0 bridgehead atoms. The fourth-order valence-electron chi connectivity index (χ4n) is 2.30. The minimum absolute atomic E-state index is 0.0823. The number of likely N-dealkylation sites (N-methyl/N-ethyl adjacent to an activating group) is 1. The fourth-order valence-corrected chi connectivity index (χ4v) is 2.59. The first-order valence-electron chi connectivity index (χ1n) is 8.40. The third-order valence-corrected chi connectivity index (χ3v) is 4.35. The Bertz CT molecular complexity index is 594. The van der Waals surface area contributed by atoms with Crippen molar-refractivity contribution in [3.05, 3.63) is 28.2 Å². The highest BCUT2D eigenvalue weighted by atomic mass is 35.5. The second-order valence-corrected chi connectivity index (χ2v) is 7.60. The SMILES string of the molecule is CC(C)CC[C@@H](C)NC(=O)CN(C)CC(=O)Nc1ccc(Cl)c(Cl)c1. The molecule has 2 N–H and O–H groups in total. The van der Waals surface area contributed by atoms with Crippen molar-refractivity contribution in [1.82, 2.24) is 10.2 Å². The van der Waals surface area contributed by atoms with Gasteiger partial charge in [-0.15, -0.1) is 0 Å². The lowest BCUT2D eigenvalue weighted by Gasteiger charge is -2.19. The van der Waals surface area contributed by atoms with E-state index in [9.17, 15) is 9.59 Å². The van der Waals surface area contributed by atoms with Gasteiger partial charge in [-0.3, -0.25) is 14.5 Å². The van der Waals surface area contributed by atoms with Gasteiger partial charge in [0.25, 0.3) is 0 Å². The lowest BCUT2D eigenvalue weighted by molar-refractivity contribution is -0.123. The van der Waals surface area contributed by atoms with Gasteiger partial charge in [-0.05, 0) is 50.9 Å². The van der Waals surface area contributed by atoms with Gasteiger partial charge in [0.15, 0.2) is 0 Å². The van der Waals surface area contributed by atoms with E-state index in [2.05, 4.69) is 24.5 Å². The molecule has 140 valence electrons. The van der Waals surface area contributed by atoms with Crippen molar-refractivity contribution in [2.75, 3.05) is 25.5 Å². The van der Waals surface area contributed by atoms with Gasteiger partial charge < -0.3 is 10.6 Å². The van der Waals surface area contributed by atoms with Crippen LogP contribution in [0.1, 0.15) is 33.6 Å². The quantitative estimate of drug-likeness (QED) is 0.677. The van der Waals surface area contributed by atoms with E-state index < -0.39 is 0 Å². The summed E-state index contributed by atoms with van der Waals surface area (Å²) in [5.41, 5.74) is 0.569. The Kier molecular flexibility index (Phi) is 9.25. The smallest absolute Gasteiger partial charge is 0.238 e. The van der Waals surface area contributed by atoms with Gasteiger partial charge in [0, 0.05) is 11.7 Å². The molecule has 0 saturated carbocycles. The second-order valence-electron chi connectivity index (χ2n) is 6.79. The monoisotopic (exact) mass is 387 g/mol. The number of amides is 2. The Balaban J connectivity index is 2.37. The molecule has 0 aromatic heterocycles. The number of hydrogen-bond donors (Lipinski definition) is 2. The summed E-state index contributed by atoms with van der Waals surface area (Å²) in [6.07, 6.45) is 2.02. The molecule has 0 radical (unpaired) electrons. The zero-order valence-electron chi connectivity index (χ0n) is 15.2. The van der Waals surface area contributed by atoms with E-state index >= 15 is 0 Å². The Hall–Kier alpha value is -1.30. The zero-order valence-corrected chi connectivity index (χ0v) is 16.7. The van der Waals surface area contributed by atoms with Gasteiger partial charge in [0.05, 0.1) is 23.1 Å². The Morgan fingerprint density at radius 1 is 1.04 bits per heavy atom. The van der Waals surface area contributed by atoms with Gasteiger partial charge in [0.2, 0.25) is 11.8 Å². The van der Waals surface area contributed by atoms with Crippen molar-refractivity contribution in [3.8, 4) is 0 Å². The predicted molar refractivity (Wildman–Crippen MR) is 104 cm³/mol. The van der Waals surface area contributed by atoms with Gasteiger partial charge in [0.1, 0.15) is 0 Å². The molecular formula is C18H27Cl2N3O2. The van der Waals surface area contributed by atoms with E-state index in [4.69, 9.17) is 23.2 Å². The van der Waals surface area contributed by atoms with E-state index in [0.29, 0.717) is 21.7 Å². The van der Waals surface area contributed by atoms with Crippen molar-refractivity contribution < 1.29 is 9.59 Å². The topological polar surface area (TPSA) is 61.4 Å². The Morgan fingerprint density at radius 3 is 2.28 bits per heavy atom. The second kappa shape index (κ2) is 10.6. The van der Waals surface area contributed by atoms with Crippen LogP contribution in [0.4, 0.5) is 5.69 Å². The van der Waals surface area contributed by atoms with Crippen LogP contribution in [-0.2, 0) is 9.59 Å². The molecule has 0 fully saturated rings. The maximum Gasteiger partial charge on any atom is 0.238 e. The molecule has 1 aromatic rings. The summed E-state index contributed by atoms with van der Waals surface area (Å²) in [4.78, 5) is 25.7. The normalized spacial score (nSPS) is 12.3. The van der Waals surface area contributed by atoms with E-state index in [1.807, 2.05) is 6.92 Å². The van der Waals surface area contributed by atoms with E-state index in [1.165, 1.54) is 0 Å². The number of nitrogens with one attached hydrogen (secondary N) is 2. The van der Waals surface area contributed by atoms with Crippen LogP contribution < -0.4 is 10.6 Å². The summed E-state index contributed by atoms with van der Waals surface area (Å²) in [7, 11) is 1.73. The zero-order chi connectivity index (χ0) is 19.0. The number of carbonyl (C=O) groups excluding carboxylic acids is 2. The van der Waals surface area contributed by atoms with Gasteiger partial charge in [-0.25, -0.2) is 0 Å². The van der Waals surface area contributed by atoms with Crippen molar-refractivity contribution in [3.63, 3.8) is 0 Å². The van der Waals surface area contributed by atoms with Crippen LogP contribution in [0.2, 0.25) is 10.0 Å². The predicted octanol–water partition coefficient (Wildman–Crippen LogP) is 3.80. The molecule has 0 saturated heterocycles. The molecule has 1 aromatic carbocycles. The first kappa shape index (κ1) is 21.7. The molecule has 0 heterocycles. The molecule has 0 aliphatic carbocycles. The van der Waals surface area contributed by atoms with Crippen LogP contribution in [0.5, 0.6) is 0 Å². The standard InChI is InChI=1S/C18H27Cl2N3O2/c1-12(2)5-6-13(3)21-17(24)10-23(4)11-18(25)22-14-7-8-15(19)16(20)9-14/h7-9,12-13H,5-6,10-11H2,1-4H3,(H,21,24)(H,22,25)/t13-/m1/s1. The molecule has 0 unspecified atom stereocenters. The van der Waals surface area contributed by atoms with Crippen LogP contribution in [0, 0.1) is 5.92 Å². The molecule has 25 heavy (non-hydrogen) atoms. The number of hydrogen-bond acceptors (Lipinski definition) is 3. The molecule has 1 atom stereocenters. The number of rotatable bonds is 9. The number of carbonyl (C=O) groups is 2. The van der Waals surface area contributed by atoms with Crippen molar-refractivity contribution in [1.29, 1.82) is 0 Å². The number of nitrogens with zero attached hydrogens (tertiary/aromatic N) is 1. The summed E-state index contributed by atoms with van der Waals surface area (Å²) in [5.74, 6) is 0.315. The van der Waals surface area contributed by atoms with Gasteiger partial charge in [-0.2, -0.15) is 0 Å². The highest BCUT2D eigenvalue weighted by molar-refractivity contribution is 6.42. The van der Waals surface area contributed by atoms with E-state index in [-0.39, 0.29) is 30.9 Å². The highest BCUT2D eigenvalue weighted by Crippen LogP contribution is 2.24. The van der Waals surface area contributed by atoms with Gasteiger partial charge >= 0.3 is 0 Å². The minimum atomic E-state index is -0.221. The van der Waals surface area contributed by atoms with Crippen molar-refractivity contribution in [2.45, 2.75) is 39.7 Å². The third kappa shape index (κ3) is 9.10. The number of benzene rings is 1. The Labute approximate surface area is 160 Å². The maximum atomic E-state index is 12.0. The number of anilines is 1. The summed E-state index contributed by atoms with van der Waals surface area (Å²) in [6, 6.07) is 5.02. The van der Waals surface area contributed by atoms with Crippen LogP contribution in [0.3, 0.4) is 0 Å². The molecule has 2 amide bonds. The third-order valence-electron chi connectivity index (χ3n) is 3.61. The molecule has 1 rings (SSSR count). The maximum absolute atomic E-state index is 12.0. The molecule has 5 nitrogen and oxygen atoms in total. The van der Waals surface area contributed by atoms with E-state index in [0.717, 1.165) is 12.8 Å². The van der Waals surface area contributed by atoms with Crippen LogP contribution >= 0.6 is 23.2 Å². The van der Waals surface area contributed by atoms with Crippen LogP contribution in [0.25, 0.3) is 0 Å². The minimum Gasteiger partial charge on any atom is -0.353 e. The summed E-state index contributed by atoms with van der Waals surface area (Å²) in [5, 5.41) is 6.50. The fraction of sp³-hybridized carbons (Fsp3) is 0.556. The number of halogens is 2. The lowest BCUT2D eigenvalue weighted by atomic mass is 10.0. The first-order chi connectivity index (χ1) is 11.7. The van der Waals surface area contributed by atoms with E-state index in [1.54, 1.807) is 30.1 Å². The molecule has 7 heteroatoms. The highest BCUT2D eigenvalue weighted by Gasteiger charge is 2.13. The average molecular weight is 388 g/mol. The van der Waals surface area contributed by atoms with Crippen molar-refractivity contribution >= 4 is 40.7 Å². The largest absolute Gasteiger partial charge is 0.353 e. The van der Waals surface area contributed by atoms with Crippen LogP contribution in [0.15, 0.2) is 18.2 Å². The summed E-state index contributed by atoms with van der Waals surface area (Å²) < 4.78 is 0. The Morgan fingerprint density at radius 2 is 1.68 bits per heavy atom. The van der Waals surface area contributed by atoms with Gasteiger partial charge in [-0.1, -0.05) is 37.0 Å². The molecule has 0 aliphatic heterocycles. The summed E-state index contributed by atoms with van der Waals surface area (Å²) >= 11 is 11.8. The summed E-state index contributed by atoms with van der Waals surface area (Å²) in [6.45, 7) is 6.59. The molecule has 0 spiro atoms. The van der Waals surface area contributed by atoms with Crippen LogP contribution in [-0.4, -0.2) is 42.9 Å². The first-order valence-corrected chi connectivity index (χ1v) is 9.15. The average Bonchev–Trinajstić information content (AvgIpc) is 2.48. The molecular weight excluding hydrogens is 361 g/mol. The molecule has 0 aliphatic rings. The van der Waals surface area contributed by atoms with Crippen molar-refractivity contribution in [2.24, 2.45) is 5.92 Å². The lowest BCUT2D eigenvalue weighted by Crippen LogP contribution is -2.42.